The van der Waals surface area contributed by atoms with Crippen LogP contribution in [0.15, 0.2) is 30.3 Å². The minimum atomic E-state index is 0.0747. The largest absolute Gasteiger partial charge is 0.355 e. The molecule has 1 aromatic rings. The van der Waals surface area contributed by atoms with Gasteiger partial charge in [-0.25, -0.2) is 0 Å². The zero-order valence-corrected chi connectivity index (χ0v) is 8.88. The van der Waals surface area contributed by atoms with E-state index in [2.05, 4.69) is 21.2 Å². The van der Waals surface area contributed by atoms with Crippen LogP contribution in [0.5, 0.6) is 0 Å². The van der Waals surface area contributed by atoms with Crippen molar-refractivity contribution in [2.45, 2.75) is 6.42 Å². The maximum Gasteiger partial charge on any atom is 0.224 e. The fraction of sp³-hybridized carbons (Fsp3) is 0.300. The molecule has 13 heavy (non-hydrogen) atoms. The van der Waals surface area contributed by atoms with Gasteiger partial charge in [0.25, 0.3) is 0 Å². The van der Waals surface area contributed by atoms with Gasteiger partial charge in [-0.15, -0.1) is 0 Å². The normalized spacial score (nSPS) is 9.62. The van der Waals surface area contributed by atoms with E-state index in [4.69, 9.17) is 0 Å². The first-order chi connectivity index (χ1) is 6.33. The van der Waals surface area contributed by atoms with Crippen LogP contribution in [0.1, 0.15) is 5.56 Å². The van der Waals surface area contributed by atoms with Gasteiger partial charge in [0.05, 0.1) is 6.42 Å². The Balaban J connectivity index is 2.37. The number of rotatable bonds is 4. The Morgan fingerprint density at radius 2 is 2.00 bits per heavy atom. The summed E-state index contributed by atoms with van der Waals surface area (Å²) < 4.78 is 0. The van der Waals surface area contributed by atoms with Gasteiger partial charge in [-0.05, 0) is 5.56 Å². The Bertz CT molecular complexity index is 261. The molecular formula is C10H12BrNO. The molecule has 0 aliphatic heterocycles. The second-order valence-corrected chi connectivity index (χ2v) is 3.49. The van der Waals surface area contributed by atoms with Crippen molar-refractivity contribution in [1.82, 2.24) is 5.32 Å². The predicted octanol–water partition coefficient (Wildman–Crippen LogP) is 1.74. The van der Waals surface area contributed by atoms with Crippen molar-refractivity contribution in [3.63, 3.8) is 0 Å². The Hall–Kier alpha value is -0.830. The van der Waals surface area contributed by atoms with E-state index in [1.807, 2.05) is 30.3 Å². The fourth-order valence-electron chi connectivity index (χ4n) is 1.03. The lowest BCUT2D eigenvalue weighted by Gasteiger charge is -2.02. The van der Waals surface area contributed by atoms with E-state index >= 15 is 0 Å². The van der Waals surface area contributed by atoms with Crippen LogP contribution in [-0.2, 0) is 11.2 Å². The maximum atomic E-state index is 11.2. The molecule has 0 spiro atoms. The van der Waals surface area contributed by atoms with Gasteiger partial charge in [0.2, 0.25) is 5.91 Å². The first kappa shape index (κ1) is 10.3. The molecule has 1 N–H and O–H groups in total. The average molecular weight is 242 g/mol. The number of carbonyl (C=O) groups is 1. The van der Waals surface area contributed by atoms with Crippen molar-refractivity contribution in [2.24, 2.45) is 0 Å². The van der Waals surface area contributed by atoms with E-state index in [0.29, 0.717) is 13.0 Å². The third-order valence-electron chi connectivity index (χ3n) is 1.62. The molecule has 0 aliphatic carbocycles. The number of benzene rings is 1. The Morgan fingerprint density at radius 3 is 2.62 bits per heavy atom. The zero-order valence-electron chi connectivity index (χ0n) is 7.29. The number of hydrogen-bond donors (Lipinski definition) is 1. The van der Waals surface area contributed by atoms with Crippen LogP contribution in [-0.4, -0.2) is 17.8 Å². The van der Waals surface area contributed by atoms with Crippen LogP contribution < -0.4 is 5.32 Å². The van der Waals surface area contributed by atoms with Crippen molar-refractivity contribution in [2.75, 3.05) is 11.9 Å². The van der Waals surface area contributed by atoms with E-state index in [1.54, 1.807) is 0 Å². The smallest absolute Gasteiger partial charge is 0.224 e. The number of amides is 1. The Labute approximate surface area is 86.5 Å². The molecule has 0 fully saturated rings. The minimum Gasteiger partial charge on any atom is -0.355 e. The summed E-state index contributed by atoms with van der Waals surface area (Å²) in [6.07, 6.45) is 0.466. The first-order valence-corrected chi connectivity index (χ1v) is 5.31. The summed E-state index contributed by atoms with van der Waals surface area (Å²) in [5, 5.41) is 3.59. The summed E-state index contributed by atoms with van der Waals surface area (Å²) in [4.78, 5) is 11.2. The molecule has 1 rings (SSSR count). The second kappa shape index (κ2) is 5.75. The highest BCUT2D eigenvalue weighted by molar-refractivity contribution is 9.09. The van der Waals surface area contributed by atoms with Gasteiger partial charge in [0.1, 0.15) is 0 Å². The lowest BCUT2D eigenvalue weighted by atomic mass is 10.1. The van der Waals surface area contributed by atoms with Crippen LogP contribution in [0, 0.1) is 0 Å². The number of hydrogen-bond acceptors (Lipinski definition) is 1. The molecule has 2 nitrogen and oxygen atoms in total. The van der Waals surface area contributed by atoms with Gasteiger partial charge < -0.3 is 5.32 Å². The summed E-state index contributed by atoms with van der Waals surface area (Å²) in [5.41, 5.74) is 1.05. The molecule has 3 heteroatoms. The van der Waals surface area contributed by atoms with Gasteiger partial charge in [-0.1, -0.05) is 46.3 Å². The summed E-state index contributed by atoms with van der Waals surface area (Å²) in [5.74, 6) is 0.0747. The molecule has 0 heterocycles. The number of alkyl halides is 1. The summed E-state index contributed by atoms with van der Waals surface area (Å²) in [6, 6.07) is 9.72. The third kappa shape index (κ3) is 4.08. The van der Waals surface area contributed by atoms with E-state index in [0.717, 1.165) is 10.9 Å². The topological polar surface area (TPSA) is 29.1 Å². The highest BCUT2D eigenvalue weighted by Gasteiger charge is 2.00. The molecule has 0 saturated carbocycles. The van der Waals surface area contributed by atoms with Crippen LogP contribution in [0.3, 0.4) is 0 Å². The van der Waals surface area contributed by atoms with Gasteiger partial charge in [-0.3, -0.25) is 4.79 Å². The average Bonchev–Trinajstić information content (AvgIpc) is 2.16. The first-order valence-electron chi connectivity index (χ1n) is 4.19. The Kier molecular flexibility index (Phi) is 4.54. The number of nitrogens with one attached hydrogen (secondary N) is 1. The second-order valence-electron chi connectivity index (χ2n) is 2.70. The van der Waals surface area contributed by atoms with E-state index in [-0.39, 0.29) is 5.91 Å². The molecule has 0 unspecified atom stereocenters. The zero-order chi connectivity index (χ0) is 9.52. The van der Waals surface area contributed by atoms with Gasteiger partial charge in [-0.2, -0.15) is 0 Å². The van der Waals surface area contributed by atoms with Crippen molar-refractivity contribution < 1.29 is 4.79 Å². The van der Waals surface area contributed by atoms with Crippen LogP contribution >= 0.6 is 15.9 Å². The lowest BCUT2D eigenvalue weighted by Crippen LogP contribution is -2.26. The minimum absolute atomic E-state index is 0.0747. The lowest BCUT2D eigenvalue weighted by molar-refractivity contribution is -0.120. The van der Waals surface area contributed by atoms with Crippen LogP contribution in [0.2, 0.25) is 0 Å². The SMILES string of the molecule is O=C(Cc1ccccc1)NCCBr. The summed E-state index contributed by atoms with van der Waals surface area (Å²) >= 11 is 3.25. The predicted molar refractivity (Wildman–Crippen MR) is 56.9 cm³/mol. The quantitative estimate of drug-likeness (QED) is 0.800. The van der Waals surface area contributed by atoms with Crippen molar-refractivity contribution >= 4 is 21.8 Å². The number of carbonyl (C=O) groups excluding carboxylic acids is 1. The fourth-order valence-corrected chi connectivity index (χ4v) is 1.23. The van der Waals surface area contributed by atoms with Crippen LogP contribution in [0.4, 0.5) is 0 Å². The third-order valence-corrected chi connectivity index (χ3v) is 2.02. The van der Waals surface area contributed by atoms with Crippen molar-refractivity contribution in [3.05, 3.63) is 35.9 Å². The molecule has 1 amide bonds. The molecule has 0 bridgehead atoms. The monoisotopic (exact) mass is 241 g/mol. The van der Waals surface area contributed by atoms with Crippen molar-refractivity contribution in [3.8, 4) is 0 Å². The summed E-state index contributed by atoms with van der Waals surface area (Å²) in [6.45, 7) is 0.686. The summed E-state index contributed by atoms with van der Waals surface area (Å²) in [7, 11) is 0. The van der Waals surface area contributed by atoms with Gasteiger partial charge in [0.15, 0.2) is 0 Å². The van der Waals surface area contributed by atoms with E-state index in [9.17, 15) is 4.79 Å². The van der Waals surface area contributed by atoms with Gasteiger partial charge >= 0.3 is 0 Å². The molecule has 0 aromatic heterocycles. The molecule has 0 atom stereocenters. The number of halogens is 1. The van der Waals surface area contributed by atoms with E-state index < -0.39 is 0 Å². The van der Waals surface area contributed by atoms with E-state index in [1.165, 1.54) is 0 Å². The van der Waals surface area contributed by atoms with Crippen LogP contribution in [0.25, 0.3) is 0 Å². The highest BCUT2D eigenvalue weighted by atomic mass is 79.9. The Morgan fingerprint density at radius 1 is 1.31 bits per heavy atom. The molecule has 1 aromatic carbocycles. The molecule has 0 radical (unpaired) electrons. The molecule has 70 valence electrons. The van der Waals surface area contributed by atoms with Crippen molar-refractivity contribution in [1.29, 1.82) is 0 Å². The molecule has 0 saturated heterocycles. The maximum absolute atomic E-state index is 11.2. The molecular weight excluding hydrogens is 230 g/mol. The highest BCUT2D eigenvalue weighted by Crippen LogP contribution is 1.98. The van der Waals surface area contributed by atoms with Gasteiger partial charge in [0, 0.05) is 11.9 Å². The molecule has 0 aliphatic rings. The standard InChI is InChI=1S/C10H12BrNO/c11-6-7-12-10(13)8-9-4-2-1-3-5-9/h1-5H,6-8H2,(H,12,13).